The van der Waals surface area contributed by atoms with E-state index in [1.807, 2.05) is 0 Å². The smallest absolute Gasteiger partial charge is 0.407 e. The van der Waals surface area contributed by atoms with Crippen LogP contribution in [0.25, 0.3) is 0 Å². The molecule has 0 aromatic heterocycles. The number of carbonyl (C=O) groups excluding carboxylic acids is 2. The number of nitrogens with two attached hydrogens (primary N) is 1. The van der Waals surface area contributed by atoms with Gasteiger partial charge < -0.3 is 20.5 Å². The molecule has 6 heteroatoms. The molecular weight excluding hydrogens is 200 g/mol. The predicted octanol–water partition coefficient (Wildman–Crippen LogP) is 0.550. The Bertz CT molecular complexity index is 273. The average Bonchev–Trinajstić information content (AvgIpc) is 2.21. The van der Waals surface area contributed by atoms with Gasteiger partial charge in [-0.05, 0) is 11.6 Å². The van der Waals surface area contributed by atoms with Crippen molar-refractivity contribution in [1.29, 1.82) is 0 Å². The number of nitrogens with one attached hydrogen (secondary N) is 1. The zero-order valence-electron chi connectivity index (χ0n) is 8.49. The molecule has 0 unspecified atom stereocenters. The van der Waals surface area contributed by atoms with Gasteiger partial charge in [0.05, 0.1) is 0 Å². The van der Waals surface area contributed by atoms with Crippen LogP contribution in [-0.2, 0) is 9.47 Å². The van der Waals surface area contributed by atoms with Gasteiger partial charge in [0.15, 0.2) is 0 Å². The number of alkyl carbamates (subject to hydrolysis) is 1. The second kappa shape index (κ2) is 7.43. The fraction of sp³-hybridized carbons (Fsp3) is 0.333. The van der Waals surface area contributed by atoms with E-state index in [0.29, 0.717) is 5.57 Å². The van der Waals surface area contributed by atoms with Gasteiger partial charge in [-0.3, -0.25) is 0 Å². The Morgan fingerprint density at radius 1 is 1.47 bits per heavy atom. The summed E-state index contributed by atoms with van der Waals surface area (Å²) in [4.78, 5) is 20.8. The zero-order valence-corrected chi connectivity index (χ0v) is 8.49. The summed E-state index contributed by atoms with van der Waals surface area (Å²) in [5.74, 6) is 0. The van der Waals surface area contributed by atoms with Crippen LogP contribution >= 0.6 is 0 Å². The molecule has 0 aromatic carbocycles. The zero-order chi connectivity index (χ0) is 11.7. The topological polar surface area (TPSA) is 90.7 Å². The maximum absolute atomic E-state index is 10.6. The summed E-state index contributed by atoms with van der Waals surface area (Å²) in [7, 11) is 1.46. The van der Waals surface area contributed by atoms with E-state index >= 15 is 0 Å². The highest BCUT2D eigenvalue weighted by atomic mass is 16.5. The number of primary amides is 1. The fourth-order valence-corrected chi connectivity index (χ4v) is 0.623. The molecule has 0 heterocycles. The Labute approximate surface area is 87.7 Å². The summed E-state index contributed by atoms with van der Waals surface area (Å²) >= 11 is 0. The lowest BCUT2D eigenvalue weighted by Crippen LogP contribution is -2.19. The van der Waals surface area contributed by atoms with Crippen molar-refractivity contribution in [3.63, 3.8) is 0 Å². The molecule has 0 spiro atoms. The first-order chi connectivity index (χ1) is 7.06. The van der Waals surface area contributed by atoms with Gasteiger partial charge in [0, 0.05) is 7.05 Å². The van der Waals surface area contributed by atoms with E-state index < -0.39 is 12.2 Å². The Hall–Kier alpha value is -1.98. The van der Waals surface area contributed by atoms with Gasteiger partial charge in [0.1, 0.15) is 13.2 Å². The summed E-state index contributed by atoms with van der Waals surface area (Å²) in [6.07, 6.45) is 1.78. The molecule has 0 bridgehead atoms. The molecule has 2 amide bonds. The van der Waals surface area contributed by atoms with Gasteiger partial charge in [-0.25, -0.2) is 9.59 Å². The highest BCUT2D eigenvalue weighted by Crippen LogP contribution is 1.94. The first-order valence-electron chi connectivity index (χ1n) is 4.17. The highest BCUT2D eigenvalue weighted by molar-refractivity contribution is 5.66. The molecular formula is C9H14N2O4. The van der Waals surface area contributed by atoms with Crippen LogP contribution in [0.2, 0.25) is 0 Å². The van der Waals surface area contributed by atoms with Gasteiger partial charge in [-0.1, -0.05) is 12.7 Å². The summed E-state index contributed by atoms with van der Waals surface area (Å²) in [5.41, 5.74) is 5.30. The predicted molar refractivity (Wildman–Crippen MR) is 54.2 cm³/mol. The molecule has 0 saturated heterocycles. The molecule has 3 N–H and O–H groups in total. The van der Waals surface area contributed by atoms with Crippen molar-refractivity contribution in [2.45, 2.75) is 0 Å². The molecule has 0 aliphatic carbocycles. The van der Waals surface area contributed by atoms with Crippen LogP contribution in [0.5, 0.6) is 0 Å². The second-order valence-corrected chi connectivity index (χ2v) is 2.52. The highest BCUT2D eigenvalue weighted by Gasteiger charge is 1.95. The molecule has 0 aliphatic heterocycles. The number of rotatable bonds is 5. The lowest BCUT2D eigenvalue weighted by atomic mass is 10.3. The monoisotopic (exact) mass is 214 g/mol. The summed E-state index contributed by atoms with van der Waals surface area (Å²) in [5, 5.41) is 2.29. The van der Waals surface area contributed by atoms with Crippen LogP contribution < -0.4 is 11.1 Å². The van der Waals surface area contributed by atoms with Crippen molar-refractivity contribution in [1.82, 2.24) is 5.32 Å². The van der Waals surface area contributed by atoms with Crippen molar-refractivity contribution >= 4 is 12.2 Å². The SMILES string of the molecule is C=C(C=CCOC(=O)NC)COC(N)=O. The molecule has 0 atom stereocenters. The number of amides is 2. The number of ether oxygens (including phenoxy) is 2. The number of carbonyl (C=O) groups is 2. The third-order valence-electron chi connectivity index (χ3n) is 1.27. The molecule has 0 rings (SSSR count). The van der Waals surface area contributed by atoms with E-state index in [9.17, 15) is 9.59 Å². The van der Waals surface area contributed by atoms with Gasteiger partial charge in [0.2, 0.25) is 0 Å². The molecule has 0 aromatic rings. The maximum Gasteiger partial charge on any atom is 0.407 e. The fourth-order valence-electron chi connectivity index (χ4n) is 0.623. The van der Waals surface area contributed by atoms with Crippen LogP contribution in [0.4, 0.5) is 9.59 Å². The largest absolute Gasteiger partial charge is 0.445 e. The van der Waals surface area contributed by atoms with E-state index in [1.165, 1.54) is 7.05 Å². The quantitative estimate of drug-likeness (QED) is 0.654. The summed E-state index contributed by atoms with van der Waals surface area (Å²) in [6.45, 7) is 3.73. The minimum absolute atomic E-state index is 0.0197. The second-order valence-electron chi connectivity index (χ2n) is 2.52. The van der Waals surface area contributed by atoms with Crippen LogP contribution in [0.3, 0.4) is 0 Å². The molecule has 0 fully saturated rings. The number of hydrogen-bond acceptors (Lipinski definition) is 4. The summed E-state index contributed by atoms with van der Waals surface area (Å²) < 4.78 is 9.13. The summed E-state index contributed by atoms with van der Waals surface area (Å²) in [6, 6.07) is 0. The van der Waals surface area contributed by atoms with Gasteiger partial charge >= 0.3 is 12.2 Å². The van der Waals surface area contributed by atoms with Crippen LogP contribution in [0, 0.1) is 0 Å². The van der Waals surface area contributed by atoms with Crippen molar-refractivity contribution < 1.29 is 19.1 Å². The van der Waals surface area contributed by atoms with Gasteiger partial charge in [-0.15, -0.1) is 0 Å². The van der Waals surface area contributed by atoms with Crippen molar-refractivity contribution in [2.75, 3.05) is 20.3 Å². The number of hydrogen-bond donors (Lipinski definition) is 2. The Kier molecular flexibility index (Phi) is 6.45. The van der Waals surface area contributed by atoms with Crippen molar-refractivity contribution in [2.24, 2.45) is 5.73 Å². The lowest BCUT2D eigenvalue weighted by Gasteiger charge is -2.01. The Morgan fingerprint density at radius 3 is 2.67 bits per heavy atom. The van der Waals surface area contributed by atoms with E-state index in [-0.39, 0.29) is 13.2 Å². The van der Waals surface area contributed by atoms with E-state index in [1.54, 1.807) is 12.2 Å². The van der Waals surface area contributed by atoms with E-state index in [0.717, 1.165) is 0 Å². The molecule has 84 valence electrons. The third-order valence-corrected chi connectivity index (χ3v) is 1.27. The molecule has 15 heavy (non-hydrogen) atoms. The van der Waals surface area contributed by atoms with Gasteiger partial charge in [0.25, 0.3) is 0 Å². The lowest BCUT2D eigenvalue weighted by molar-refractivity contribution is 0.160. The normalized spacial score (nSPS) is 9.67. The molecule has 0 aliphatic rings. The van der Waals surface area contributed by atoms with Crippen LogP contribution in [0.1, 0.15) is 0 Å². The third kappa shape index (κ3) is 8.35. The van der Waals surface area contributed by atoms with Crippen LogP contribution in [-0.4, -0.2) is 32.4 Å². The van der Waals surface area contributed by atoms with E-state index in [4.69, 9.17) is 5.73 Å². The van der Waals surface area contributed by atoms with Gasteiger partial charge in [-0.2, -0.15) is 0 Å². The van der Waals surface area contributed by atoms with Crippen molar-refractivity contribution in [3.8, 4) is 0 Å². The Balaban J connectivity index is 3.63. The van der Waals surface area contributed by atoms with E-state index in [2.05, 4.69) is 21.4 Å². The minimum Gasteiger partial charge on any atom is -0.445 e. The molecule has 0 saturated carbocycles. The standard InChI is InChI=1S/C9H14N2O4/c1-7(6-15-8(10)12)4-3-5-14-9(13)11-2/h3-4H,1,5-6H2,2H3,(H2,10,12)(H,11,13). The minimum atomic E-state index is -0.855. The molecule has 0 radical (unpaired) electrons. The first kappa shape index (κ1) is 13.0. The van der Waals surface area contributed by atoms with Crippen LogP contribution in [0.15, 0.2) is 24.3 Å². The average molecular weight is 214 g/mol. The molecule has 6 nitrogen and oxygen atoms in total. The Morgan fingerprint density at radius 2 is 2.13 bits per heavy atom. The maximum atomic E-state index is 10.6. The first-order valence-corrected chi connectivity index (χ1v) is 4.17. The van der Waals surface area contributed by atoms with Crippen molar-refractivity contribution in [3.05, 3.63) is 24.3 Å².